The summed E-state index contributed by atoms with van der Waals surface area (Å²) in [6.45, 7) is 0.431. The van der Waals surface area contributed by atoms with Gasteiger partial charge < -0.3 is 11.1 Å². The number of imide groups is 1. The number of carbonyl (C=O) groups is 3. The van der Waals surface area contributed by atoms with Crippen LogP contribution in [0, 0.1) is 0 Å². The quantitative estimate of drug-likeness (QED) is 0.628. The van der Waals surface area contributed by atoms with E-state index in [0.29, 0.717) is 11.3 Å². The molecule has 0 aromatic heterocycles. The number of hydrogen-bond donors (Lipinski definition) is 2. The minimum Gasteiger partial charge on any atom is -0.398 e. The standard InChI is InChI=1S/C13H15N3O3.ClH/c14-10-4-2-1-3-9(10)13(19)15-7-8-16-11(17)5-6-12(16)18;/h1-4H,5-8,14H2,(H,15,19);1H. The predicted molar refractivity (Wildman–Crippen MR) is 76.4 cm³/mol. The fraction of sp³-hybridized carbons (Fsp3) is 0.308. The summed E-state index contributed by atoms with van der Waals surface area (Å²) < 4.78 is 0. The van der Waals surface area contributed by atoms with Gasteiger partial charge in [-0.15, -0.1) is 12.4 Å². The van der Waals surface area contributed by atoms with Crippen molar-refractivity contribution in [3.05, 3.63) is 29.8 Å². The molecule has 2 rings (SSSR count). The Morgan fingerprint density at radius 1 is 1.20 bits per heavy atom. The van der Waals surface area contributed by atoms with E-state index in [1.54, 1.807) is 24.3 Å². The van der Waals surface area contributed by atoms with Crippen molar-refractivity contribution in [3.8, 4) is 0 Å². The molecule has 3 amide bonds. The normalized spacial score (nSPS) is 14.1. The van der Waals surface area contributed by atoms with Gasteiger partial charge in [0.1, 0.15) is 0 Å². The number of para-hydroxylation sites is 1. The predicted octanol–water partition coefficient (Wildman–Crippen LogP) is 0.569. The largest absolute Gasteiger partial charge is 0.398 e. The first-order valence-corrected chi connectivity index (χ1v) is 6.05. The van der Waals surface area contributed by atoms with E-state index in [9.17, 15) is 14.4 Å². The lowest BCUT2D eigenvalue weighted by Gasteiger charge is -2.14. The molecular weight excluding hydrogens is 282 g/mol. The van der Waals surface area contributed by atoms with Gasteiger partial charge in [0.25, 0.3) is 5.91 Å². The van der Waals surface area contributed by atoms with Crippen molar-refractivity contribution in [2.75, 3.05) is 18.8 Å². The van der Waals surface area contributed by atoms with E-state index in [-0.39, 0.29) is 56.1 Å². The maximum Gasteiger partial charge on any atom is 0.253 e. The molecule has 0 aliphatic carbocycles. The van der Waals surface area contributed by atoms with Gasteiger partial charge in [0.2, 0.25) is 11.8 Å². The smallest absolute Gasteiger partial charge is 0.253 e. The molecule has 0 bridgehead atoms. The van der Waals surface area contributed by atoms with Gasteiger partial charge in [0.15, 0.2) is 0 Å². The van der Waals surface area contributed by atoms with Gasteiger partial charge in [-0.25, -0.2) is 0 Å². The molecule has 1 aromatic carbocycles. The maximum atomic E-state index is 11.8. The van der Waals surface area contributed by atoms with Gasteiger partial charge in [-0.05, 0) is 12.1 Å². The van der Waals surface area contributed by atoms with Crippen LogP contribution in [0.1, 0.15) is 23.2 Å². The summed E-state index contributed by atoms with van der Waals surface area (Å²) in [5, 5.41) is 2.64. The zero-order valence-electron chi connectivity index (χ0n) is 10.8. The number of nitrogens with two attached hydrogens (primary N) is 1. The van der Waals surface area contributed by atoms with Crippen molar-refractivity contribution >= 4 is 35.8 Å². The van der Waals surface area contributed by atoms with Gasteiger partial charge >= 0.3 is 0 Å². The molecular formula is C13H16ClN3O3. The van der Waals surface area contributed by atoms with Crippen LogP contribution < -0.4 is 11.1 Å². The fourth-order valence-corrected chi connectivity index (χ4v) is 1.95. The van der Waals surface area contributed by atoms with Crippen molar-refractivity contribution in [1.82, 2.24) is 10.2 Å². The van der Waals surface area contributed by atoms with E-state index in [0.717, 1.165) is 0 Å². The first kappa shape index (κ1) is 16.0. The van der Waals surface area contributed by atoms with Gasteiger partial charge in [-0.3, -0.25) is 19.3 Å². The second-order valence-corrected chi connectivity index (χ2v) is 4.28. The number of anilines is 1. The van der Waals surface area contributed by atoms with Crippen LogP contribution in [0.25, 0.3) is 0 Å². The van der Waals surface area contributed by atoms with E-state index >= 15 is 0 Å². The number of halogens is 1. The molecule has 7 heteroatoms. The number of hydrogen-bond acceptors (Lipinski definition) is 4. The number of rotatable bonds is 4. The highest BCUT2D eigenvalue weighted by Gasteiger charge is 2.28. The number of carbonyl (C=O) groups excluding carboxylic acids is 3. The minimum absolute atomic E-state index is 0. The van der Waals surface area contributed by atoms with Crippen molar-refractivity contribution in [3.63, 3.8) is 0 Å². The Morgan fingerprint density at radius 2 is 1.80 bits per heavy atom. The minimum atomic E-state index is -0.308. The van der Waals surface area contributed by atoms with Crippen LogP contribution in [0.4, 0.5) is 5.69 Å². The third kappa shape index (κ3) is 3.48. The first-order valence-electron chi connectivity index (χ1n) is 6.05. The molecule has 108 valence electrons. The Labute approximate surface area is 122 Å². The molecule has 1 fully saturated rings. The van der Waals surface area contributed by atoms with Gasteiger partial charge in [0, 0.05) is 31.6 Å². The van der Waals surface area contributed by atoms with Crippen LogP contribution in [-0.4, -0.2) is 35.7 Å². The highest BCUT2D eigenvalue weighted by atomic mass is 35.5. The second kappa shape index (κ2) is 6.91. The fourth-order valence-electron chi connectivity index (χ4n) is 1.95. The molecule has 0 saturated carbocycles. The summed E-state index contributed by atoms with van der Waals surface area (Å²) in [4.78, 5) is 35.7. The van der Waals surface area contributed by atoms with Crippen LogP contribution in [-0.2, 0) is 9.59 Å². The maximum absolute atomic E-state index is 11.8. The Bertz CT molecular complexity index is 517. The lowest BCUT2D eigenvalue weighted by atomic mass is 10.1. The molecule has 1 saturated heterocycles. The Balaban J connectivity index is 0.00000200. The van der Waals surface area contributed by atoms with Crippen LogP contribution in [0.5, 0.6) is 0 Å². The van der Waals surface area contributed by atoms with E-state index in [2.05, 4.69) is 5.32 Å². The number of nitrogen functional groups attached to an aromatic ring is 1. The molecule has 1 heterocycles. The lowest BCUT2D eigenvalue weighted by Crippen LogP contribution is -2.37. The third-order valence-corrected chi connectivity index (χ3v) is 2.98. The second-order valence-electron chi connectivity index (χ2n) is 4.28. The van der Waals surface area contributed by atoms with Gasteiger partial charge in [-0.2, -0.15) is 0 Å². The van der Waals surface area contributed by atoms with Crippen LogP contribution in [0.2, 0.25) is 0 Å². The monoisotopic (exact) mass is 297 g/mol. The molecule has 20 heavy (non-hydrogen) atoms. The number of likely N-dealkylation sites (tertiary alicyclic amines) is 1. The molecule has 1 aliphatic rings. The molecule has 0 spiro atoms. The highest BCUT2D eigenvalue weighted by molar-refractivity contribution is 6.02. The zero-order chi connectivity index (χ0) is 13.8. The summed E-state index contributed by atoms with van der Waals surface area (Å²) in [6.07, 6.45) is 0.525. The van der Waals surface area contributed by atoms with Crippen molar-refractivity contribution in [2.24, 2.45) is 0 Å². The third-order valence-electron chi connectivity index (χ3n) is 2.98. The van der Waals surface area contributed by atoms with Crippen molar-refractivity contribution in [2.45, 2.75) is 12.8 Å². The Kier molecular flexibility index (Phi) is 5.52. The van der Waals surface area contributed by atoms with E-state index in [4.69, 9.17) is 5.73 Å². The molecule has 3 N–H and O–H groups in total. The van der Waals surface area contributed by atoms with E-state index in [1.165, 1.54) is 4.90 Å². The zero-order valence-corrected chi connectivity index (χ0v) is 11.6. The average Bonchev–Trinajstić information content (AvgIpc) is 2.70. The summed E-state index contributed by atoms with van der Waals surface area (Å²) in [7, 11) is 0. The number of nitrogens with zero attached hydrogens (tertiary/aromatic N) is 1. The van der Waals surface area contributed by atoms with E-state index in [1.807, 2.05) is 0 Å². The van der Waals surface area contributed by atoms with Crippen LogP contribution in [0.15, 0.2) is 24.3 Å². The average molecular weight is 298 g/mol. The highest BCUT2D eigenvalue weighted by Crippen LogP contribution is 2.11. The van der Waals surface area contributed by atoms with Crippen molar-refractivity contribution < 1.29 is 14.4 Å². The summed E-state index contributed by atoms with van der Waals surface area (Å²) in [5.74, 6) is -0.672. The van der Waals surface area contributed by atoms with Crippen LogP contribution in [0.3, 0.4) is 0 Å². The Morgan fingerprint density at radius 3 is 2.40 bits per heavy atom. The van der Waals surface area contributed by atoms with Crippen molar-refractivity contribution in [1.29, 1.82) is 0 Å². The molecule has 1 aromatic rings. The lowest BCUT2D eigenvalue weighted by molar-refractivity contribution is -0.138. The first-order chi connectivity index (χ1) is 9.09. The SMILES string of the molecule is Cl.Nc1ccccc1C(=O)NCCN1C(=O)CCC1=O. The Hall–Kier alpha value is -2.08. The summed E-state index contributed by atoms with van der Waals surface area (Å²) >= 11 is 0. The van der Waals surface area contributed by atoms with E-state index < -0.39 is 0 Å². The molecule has 0 atom stereocenters. The topological polar surface area (TPSA) is 92.5 Å². The van der Waals surface area contributed by atoms with Gasteiger partial charge in [0.05, 0.1) is 5.56 Å². The number of amides is 3. The summed E-state index contributed by atoms with van der Waals surface area (Å²) in [5.41, 5.74) is 6.47. The van der Waals surface area contributed by atoms with Gasteiger partial charge in [-0.1, -0.05) is 12.1 Å². The summed E-state index contributed by atoms with van der Waals surface area (Å²) in [6, 6.07) is 6.73. The number of nitrogens with one attached hydrogen (secondary N) is 1. The molecule has 0 unspecified atom stereocenters. The molecule has 1 aliphatic heterocycles. The molecule has 0 radical (unpaired) electrons. The van der Waals surface area contributed by atoms with Crippen LogP contribution >= 0.6 is 12.4 Å². The number of benzene rings is 1. The molecule has 6 nitrogen and oxygen atoms in total.